The van der Waals surface area contributed by atoms with Crippen molar-refractivity contribution in [3.63, 3.8) is 0 Å². The molecule has 0 heterocycles. The Morgan fingerprint density at radius 3 is 2.36 bits per heavy atom. The van der Waals surface area contributed by atoms with Crippen LogP contribution in [0.3, 0.4) is 0 Å². The Balaban J connectivity index is 0.00000124. The Morgan fingerprint density at radius 1 is 1.09 bits per heavy atom. The van der Waals surface area contributed by atoms with Crippen LogP contribution in [0.25, 0.3) is 16.8 Å². The van der Waals surface area contributed by atoms with Crippen molar-refractivity contribution in [1.82, 2.24) is 0 Å². The Bertz CT molecular complexity index is 1800. The second kappa shape index (κ2) is 14.9. The van der Waals surface area contributed by atoms with E-state index in [0.717, 1.165) is 29.4 Å². The number of hydrogen-bond donors (Lipinski definition) is 4. The first-order valence-electron chi connectivity index (χ1n) is 13.5. The summed E-state index contributed by atoms with van der Waals surface area (Å²) in [7, 11) is -4.02. The lowest BCUT2D eigenvalue weighted by molar-refractivity contribution is -0.384. The number of anilines is 1. The number of benzene rings is 4. The summed E-state index contributed by atoms with van der Waals surface area (Å²) in [5.74, 6) is -0.673. The third-order valence-electron chi connectivity index (χ3n) is 6.86. The summed E-state index contributed by atoms with van der Waals surface area (Å²) < 4.78 is 39.5. The average molecular weight is 620 g/mol. The molecule has 0 aliphatic carbocycles. The van der Waals surface area contributed by atoms with Gasteiger partial charge in [0.15, 0.2) is 0 Å². The molecular weight excluding hydrogens is 585 g/mol. The Labute approximate surface area is 255 Å². The molecule has 4 rings (SSSR count). The number of nitrogens with one attached hydrogen (secondary N) is 1. The largest absolute Gasteiger partial charge is 0.410 e. The first-order chi connectivity index (χ1) is 20.9. The number of nitrogens with two attached hydrogens (primary N) is 2. The summed E-state index contributed by atoms with van der Waals surface area (Å²) in [4.78, 5) is 11.1. The fourth-order valence-corrected chi connectivity index (χ4v) is 5.65. The number of sulfonamides is 1. The highest BCUT2D eigenvalue weighted by Crippen LogP contribution is 2.37. The van der Waals surface area contributed by atoms with Gasteiger partial charge in [-0.2, -0.15) is 0 Å². The van der Waals surface area contributed by atoms with Crippen LogP contribution in [-0.2, 0) is 10.0 Å². The van der Waals surface area contributed by atoms with Crippen LogP contribution in [-0.4, -0.2) is 24.9 Å². The molecule has 0 bridgehead atoms. The fraction of sp³-hybridized carbons (Fsp3) is 0.156. The van der Waals surface area contributed by atoms with E-state index in [2.05, 4.69) is 29.2 Å². The van der Waals surface area contributed by atoms with Gasteiger partial charge in [-0.05, 0) is 55.2 Å². The molecule has 230 valence electrons. The number of rotatable bonds is 9. The summed E-state index contributed by atoms with van der Waals surface area (Å²) in [6, 6.07) is 23.3. The lowest BCUT2D eigenvalue weighted by Gasteiger charge is -2.22. The van der Waals surface area contributed by atoms with Gasteiger partial charge in [0.2, 0.25) is 10.0 Å². The standard InChI is InChI=1S/C31H30FN3O4S.CH4N2O/c1-4-24(21-10-8-9-20(3)17-21)26-15-14-23(35(36)37)19-27(26)29(5-2)34-30-16-13-22(18-28(30)32)25-11-6-7-12-31(25)40(33,38)39;2-1-3-4/h5-19,24,34H,4H2,1-3H3,(H2,33,38,39);1,4H,(H2,2,3)/b29-5-;. The van der Waals surface area contributed by atoms with Crippen molar-refractivity contribution in [2.24, 2.45) is 16.0 Å². The molecule has 0 aliphatic rings. The maximum atomic E-state index is 15.4. The zero-order chi connectivity index (χ0) is 32.4. The summed E-state index contributed by atoms with van der Waals surface area (Å²) in [5, 5.41) is 29.8. The number of allylic oxidation sites excluding steroid dienone is 1. The molecule has 0 saturated heterocycles. The van der Waals surface area contributed by atoms with Crippen molar-refractivity contribution in [3.05, 3.63) is 129 Å². The molecule has 44 heavy (non-hydrogen) atoms. The van der Waals surface area contributed by atoms with Gasteiger partial charge in [-0.3, -0.25) is 10.1 Å². The normalized spacial score (nSPS) is 12.3. The average Bonchev–Trinajstić information content (AvgIpc) is 3.00. The number of primary sulfonamides is 1. The first kappa shape index (κ1) is 33.4. The number of halogens is 1. The van der Waals surface area contributed by atoms with Gasteiger partial charge in [0.25, 0.3) is 5.69 Å². The maximum Gasteiger partial charge on any atom is 0.270 e. The molecule has 0 aliphatic heterocycles. The molecule has 0 amide bonds. The van der Waals surface area contributed by atoms with Crippen molar-refractivity contribution >= 4 is 33.4 Å². The monoisotopic (exact) mass is 619 g/mol. The zero-order valence-electron chi connectivity index (χ0n) is 24.4. The summed E-state index contributed by atoms with van der Waals surface area (Å²) in [6.45, 7) is 5.84. The van der Waals surface area contributed by atoms with E-state index in [4.69, 9.17) is 10.3 Å². The Kier molecular flexibility index (Phi) is 11.3. The minimum atomic E-state index is -4.02. The van der Waals surface area contributed by atoms with E-state index >= 15 is 4.39 Å². The van der Waals surface area contributed by atoms with Gasteiger partial charge < -0.3 is 16.3 Å². The second-order valence-electron chi connectivity index (χ2n) is 9.73. The third-order valence-corrected chi connectivity index (χ3v) is 7.83. The second-order valence-corrected chi connectivity index (χ2v) is 11.3. The van der Waals surface area contributed by atoms with Gasteiger partial charge in [-0.1, -0.05) is 78.3 Å². The molecule has 1 unspecified atom stereocenters. The van der Waals surface area contributed by atoms with Crippen LogP contribution in [0, 0.1) is 22.9 Å². The van der Waals surface area contributed by atoms with Gasteiger partial charge in [0.1, 0.15) is 12.2 Å². The van der Waals surface area contributed by atoms with Crippen molar-refractivity contribution < 1.29 is 22.9 Å². The summed E-state index contributed by atoms with van der Waals surface area (Å²) in [6.07, 6.45) is 3.30. The van der Waals surface area contributed by atoms with Crippen LogP contribution in [0.15, 0.2) is 101 Å². The molecule has 4 aromatic rings. The minimum Gasteiger partial charge on any atom is -0.410 e. The van der Waals surface area contributed by atoms with Crippen molar-refractivity contribution in [2.45, 2.75) is 38.0 Å². The molecule has 1 atom stereocenters. The Morgan fingerprint density at radius 2 is 1.80 bits per heavy atom. The molecule has 4 aromatic carbocycles. The van der Waals surface area contributed by atoms with Crippen LogP contribution in [0.4, 0.5) is 15.8 Å². The van der Waals surface area contributed by atoms with Crippen LogP contribution in [0.1, 0.15) is 48.4 Å². The lowest BCUT2D eigenvalue weighted by atomic mass is 9.84. The number of oxime groups is 1. The molecule has 12 heteroatoms. The highest BCUT2D eigenvalue weighted by Gasteiger charge is 2.22. The molecular formula is C32H34FN5O5S. The maximum absolute atomic E-state index is 15.4. The van der Waals surface area contributed by atoms with Crippen LogP contribution in [0.5, 0.6) is 0 Å². The number of aryl methyl sites for hydroxylation is 1. The SMILES string of the molecule is C/C=C(\Nc1ccc(-c2ccccc2S(N)(=O)=O)cc1F)c1cc([N+](=O)[O-])ccc1C(CC)c1cccc(C)c1.N/C=N/O. The van der Waals surface area contributed by atoms with Gasteiger partial charge in [0.05, 0.1) is 15.5 Å². The predicted octanol–water partition coefficient (Wildman–Crippen LogP) is 6.73. The first-order valence-corrected chi connectivity index (χ1v) is 15.1. The highest BCUT2D eigenvalue weighted by molar-refractivity contribution is 7.89. The number of nitrogens with zero attached hydrogens (tertiary/aromatic N) is 2. The van der Waals surface area contributed by atoms with Gasteiger partial charge in [-0.25, -0.2) is 17.9 Å². The van der Waals surface area contributed by atoms with Gasteiger partial charge in [0, 0.05) is 34.9 Å². The number of nitro groups is 1. The van der Waals surface area contributed by atoms with Gasteiger partial charge >= 0.3 is 0 Å². The van der Waals surface area contributed by atoms with E-state index in [1.807, 2.05) is 25.1 Å². The lowest BCUT2D eigenvalue weighted by Crippen LogP contribution is -2.13. The van der Waals surface area contributed by atoms with E-state index in [1.54, 1.807) is 43.3 Å². The molecule has 10 nitrogen and oxygen atoms in total. The highest BCUT2D eigenvalue weighted by atomic mass is 32.2. The zero-order valence-corrected chi connectivity index (χ0v) is 25.3. The van der Waals surface area contributed by atoms with Crippen LogP contribution in [0.2, 0.25) is 0 Å². The van der Waals surface area contributed by atoms with E-state index < -0.39 is 20.8 Å². The van der Waals surface area contributed by atoms with E-state index in [9.17, 15) is 18.5 Å². The fourth-order valence-electron chi connectivity index (χ4n) is 4.89. The summed E-state index contributed by atoms with van der Waals surface area (Å²) >= 11 is 0. The number of non-ortho nitro benzene ring substituents is 1. The van der Waals surface area contributed by atoms with E-state index in [0.29, 0.717) is 16.8 Å². The van der Waals surface area contributed by atoms with E-state index in [1.165, 1.54) is 30.3 Å². The van der Waals surface area contributed by atoms with Gasteiger partial charge in [-0.15, -0.1) is 0 Å². The van der Waals surface area contributed by atoms with Crippen molar-refractivity contribution in [1.29, 1.82) is 0 Å². The van der Waals surface area contributed by atoms with E-state index in [-0.39, 0.29) is 27.8 Å². The molecule has 0 saturated carbocycles. The predicted molar refractivity (Wildman–Crippen MR) is 171 cm³/mol. The molecule has 0 spiro atoms. The molecule has 0 fully saturated rings. The van der Waals surface area contributed by atoms with Crippen LogP contribution >= 0.6 is 0 Å². The van der Waals surface area contributed by atoms with Crippen LogP contribution < -0.4 is 16.2 Å². The topological polar surface area (TPSA) is 174 Å². The summed E-state index contributed by atoms with van der Waals surface area (Å²) in [5.41, 5.74) is 9.32. The number of nitro benzene ring substituents is 1. The molecule has 0 aromatic heterocycles. The number of hydrogen-bond acceptors (Lipinski definition) is 7. The molecule has 6 N–H and O–H groups in total. The molecule has 0 radical (unpaired) electrons. The quantitative estimate of drug-likeness (QED) is 0.0528. The smallest absolute Gasteiger partial charge is 0.270 e. The van der Waals surface area contributed by atoms with Crippen molar-refractivity contribution in [3.8, 4) is 11.1 Å². The minimum absolute atomic E-state index is 0.0469. The Hall–Kier alpha value is -5.07. The third kappa shape index (κ3) is 8.06. The van der Waals surface area contributed by atoms with Crippen molar-refractivity contribution in [2.75, 3.05) is 5.32 Å².